The van der Waals surface area contributed by atoms with Gasteiger partial charge in [0.05, 0.1) is 7.11 Å². The summed E-state index contributed by atoms with van der Waals surface area (Å²) < 4.78 is 11.5. The topological polar surface area (TPSA) is 76.1 Å². The molecule has 2 unspecified atom stereocenters. The molecule has 0 aromatic heterocycles. The average molecular weight is 518 g/mol. The van der Waals surface area contributed by atoms with Gasteiger partial charge >= 0.3 is 5.97 Å². The standard InChI is InChI=1S/C25H21Cl2NO5S/c1-32-22-11-16(7-8-21(22)33-13-15-5-3-2-4-6-15)24-28(20(14-34-24)25(30)31)23(29)17-9-18(26)12-19(27)10-17/h2-12,20,24H,13-14H2,1H3,(H,30,31). The van der Waals surface area contributed by atoms with Crippen LogP contribution in [0.4, 0.5) is 0 Å². The lowest BCUT2D eigenvalue weighted by Crippen LogP contribution is -2.43. The van der Waals surface area contributed by atoms with Gasteiger partial charge in [-0.25, -0.2) is 4.79 Å². The van der Waals surface area contributed by atoms with Crippen LogP contribution in [0.2, 0.25) is 10.0 Å². The molecule has 0 saturated carbocycles. The highest BCUT2D eigenvalue weighted by atomic mass is 35.5. The number of halogens is 2. The normalized spacial score (nSPS) is 17.4. The van der Waals surface area contributed by atoms with Gasteiger partial charge in [0.1, 0.15) is 18.0 Å². The van der Waals surface area contributed by atoms with Crippen LogP contribution in [0.15, 0.2) is 66.7 Å². The summed E-state index contributed by atoms with van der Waals surface area (Å²) in [7, 11) is 1.53. The van der Waals surface area contributed by atoms with E-state index >= 15 is 0 Å². The fourth-order valence-electron chi connectivity index (χ4n) is 3.72. The van der Waals surface area contributed by atoms with Crippen molar-refractivity contribution in [2.24, 2.45) is 0 Å². The fourth-order valence-corrected chi connectivity index (χ4v) is 5.66. The number of nitrogens with zero attached hydrogens (tertiary/aromatic N) is 1. The Morgan fingerprint density at radius 3 is 2.38 bits per heavy atom. The van der Waals surface area contributed by atoms with Gasteiger partial charge in [-0.1, -0.05) is 59.6 Å². The van der Waals surface area contributed by atoms with E-state index in [1.54, 1.807) is 12.1 Å². The third-order valence-corrected chi connectivity index (χ3v) is 7.10. The van der Waals surface area contributed by atoms with Crippen LogP contribution in [0.3, 0.4) is 0 Å². The van der Waals surface area contributed by atoms with Crippen molar-refractivity contribution in [2.75, 3.05) is 12.9 Å². The second kappa shape index (κ2) is 10.6. The van der Waals surface area contributed by atoms with Gasteiger partial charge in [-0.05, 0) is 41.5 Å². The molecule has 3 aromatic carbocycles. The maximum absolute atomic E-state index is 13.4. The molecule has 2 atom stereocenters. The molecular formula is C25H21Cl2NO5S. The molecule has 0 spiro atoms. The quantitative estimate of drug-likeness (QED) is 0.419. The van der Waals surface area contributed by atoms with E-state index in [0.29, 0.717) is 28.2 Å². The molecule has 3 aromatic rings. The minimum atomic E-state index is -1.08. The van der Waals surface area contributed by atoms with E-state index < -0.39 is 23.3 Å². The zero-order chi connectivity index (χ0) is 24.2. The third-order valence-electron chi connectivity index (χ3n) is 5.34. The molecule has 0 radical (unpaired) electrons. The van der Waals surface area contributed by atoms with Crippen LogP contribution in [-0.2, 0) is 11.4 Å². The van der Waals surface area contributed by atoms with Crippen molar-refractivity contribution in [3.63, 3.8) is 0 Å². The first kappa shape index (κ1) is 24.3. The minimum absolute atomic E-state index is 0.228. The molecule has 176 valence electrons. The van der Waals surface area contributed by atoms with Gasteiger partial charge < -0.3 is 19.5 Å². The first-order valence-corrected chi connectivity index (χ1v) is 12.2. The van der Waals surface area contributed by atoms with E-state index in [-0.39, 0.29) is 11.3 Å². The Morgan fingerprint density at radius 1 is 1.03 bits per heavy atom. The fraction of sp³-hybridized carbons (Fsp3) is 0.200. The smallest absolute Gasteiger partial charge is 0.327 e. The van der Waals surface area contributed by atoms with Crippen molar-refractivity contribution in [3.05, 3.63) is 93.5 Å². The highest BCUT2D eigenvalue weighted by Crippen LogP contribution is 2.44. The van der Waals surface area contributed by atoms with Crippen LogP contribution in [-0.4, -0.2) is 40.8 Å². The lowest BCUT2D eigenvalue weighted by molar-refractivity contribution is -0.141. The molecule has 9 heteroatoms. The second-order valence-corrected chi connectivity index (χ2v) is 9.58. The highest BCUT2D eigenvalue weighted by molar-refractivity contribution is 7.99. The molecule has 34 heavy (non-hydrogen) atoms. The van der Waals surface area contributed by atoms with Crippen LogP contribution in [0.25, 0.3) is 0 Å². The molecule has 4 rings (SSSR count). The molecule has 1 aliphatic rings. The maximum Gasteiger partial charge on any atom is 0.327 e. The molecule has 1 aliphatic heterocycles. The first-order valence-electron chi connectivity index (χ1n) is 10.3. The lowest BCUT2D eigenvalue weighted by atomic mass is 10.1. The van der Waals surface area contributed by atoms with Gasteiger partial charge in [0, 0.05) is 21.4 Å². The zero-order valence-electron chi connectivity index (χ0n) is 18.1. The van der Waals surface area contributed by atoms with Crippen LogP contribution < -0.4 is 9.47 Å². The first-order chi connectivity index (χ1) is 16.4. The number of rotatable bonds is 7. The molecular weight excluding hydrogens is 497 g/mol. The summed E-state index contributed by atoms with van der Waals surface area (Å²) in [4.78, 5) is 26.7. The Balaban J connectivity index is 1.63. The number of carbonyl (C=O) groups is 2. The summed E-state index contributed by atoms with van der Waals surface area (Å²) >= 11 is 13.5. The third kappa shape index (κ3) is 5.27. The number of methoxy groups -OCH3 is 1. The number of hydrogen-bond donors (Lipinski definition) is 1. The molecule has 1 amide bonds. The minimum Gasteiger partial charge on any atom is -0.493 e. The summed E-state index contributed by atoms with van der Waals surface area (Å²) in [5.74, 6) is -0.256. The summed E-state index contributed by atoms with van der Waals surface area (Å²) in [6, 6.07) is 18.6. The van der Waals surface area contributed by atoms with Crippen LogP contribution in [0, 0.1) is 0 Å². The SMILES string of the molecule is COc1cc(C2SCC(C(=O)O)N2C(=O)c2cc(Cl)cc(Cl)c2)ccc1OCc1ccccc1. The van der Waals surface area contributed by atoms with Crippen LogP contribution >= 0.6 is 35.0 Å². The Morgan fingerprint density at radius 2 is 1.74 bits per heavy atom. The monoisotopic (exact) mass is 517 g/mol. The maximum atomic E-state index is 13.4. The number of thioether (sulfide) groups is 1. The highest BCUT2D eigenvalue weighted by Gasteiger charge is 2.43. The predicted molar refractivity (Wildman–Crippen MR) is 133 cm³/mol. The molecule has 1 heterocycles. The van der Waals surface area contributed by atoms with Gasteiger partial charge in [0.25, 0.3) is 5.91 Å². The van der Waals surface area contributed by atoms with Gasteiger partial charge in [-0.3, -0.25) is 4.79 Å². The molecule has 0 aliphatic carbocycles. The summed E-state index contributed by atoms with van der Waals surface area (Å²) in [6.45, 7) is 0.371. The van der Waals surface area contributed by atoms with Gasteiger partial charge in [-0.2, -0.15) is 0 Å². The second-order valence-electron chi connectivity index (χ2n) is 7.59. The van der Waals surface area contributed by atoms with E-state index in [0.717, 1.165) is 11.1 Å². The number of carboxylic acids is 1. The molecule has 0 bridgehead atoms. The molecule has 6 nitrogen and oxygen atoms in total. The van der Waals surface area contributed by atoms with Crippen molar-refractivity contribution < 1.29 is 24.2 Å². The van der Waals surface area contributed by atoms with Gasteiger partial charge in [-0.15, -0.1) is 11.8 Å². The Labute approximate surface area is 211 Å². The molecule has 1 fully saturated rings. The van der Waals surface area contributed by atoms with E-state index in [1.165, 1.54) is 42.0 Å². The van der Waals surface area contributed by atoms with Gasteiger partial charge in [0.15, 0.2) is 11.5 Å². The number of carboxylic acid groups (broad SMARTS) is 1. The van der Waals surface area contributed by atoms with E-state index in [4.69, 9.17) is 32.7 Å². The molecule has 1 N–H and O–H groups in total. The van der Waals surface area contributed by atoms with Crippen molar-refractivity contribution in [2.45, 2.75) is 18.0 Å². The average Bonchev–Trinajstić information content (AvgIpc) is 3.27. The van der Waals surface area contributed by atoms with Crippen molar-refractivity contribution in [1.29, 1.82) is 0 Å². The Hall–Kier alpha value is -2.87. The number of benzene rings is 3. The van der Waals surface area contributed by atoms with E-state index in [1.807, 2.05) is 36.4 Å². The Bertz CT molecular complexity index is 1190. The predicted octanol–water partition coefficient (Wildman–Crippen LogP) is 5.92. The van der Waals surface area contributed by atoms with Crippen LogP contribution in [0.1, 0.15) is 26.9 Å². The van der Waals surface area contributed by atoms with E-state index in [2.05, 4.69) is 0 Å². The van der Waals surface area contributed by atoms with Crippen molar-refractivity contribution in [1.82, 2.24) is 4.90 Å². The summed E-state index contributed by atoms with van der Waals surface area (Å²) in [5.41, 5.74) is 1.96. The van der Waals surface area contributed by atoms with Crippen molar-refractivity contribution in [3.8, 4) is 11.5 Å². The summed E-state index contributed by atoms with van der Waals surface area (Å²) in [5, 5.41) is 9.83. The number of amides is 1. The number of hydrogen-bond acceptors (Lipinski definition) is 5. The summed E-state index contributed by atoms with van der Waals surface area (Å²) in [6.07, 6.45) is 0. The Kier molecular flexibility index (Phi) is 7.56. The number of ether oxygens (including phenoxy) is 2. The zero-order valence-corrected chi connectivity index (χ0v) is 20.4. The van der Waals surface area contributed by atoms with E-state index in [9.17, 15) is 14.7 Å². The largest absolute Gasteiger partial charge is 0.493 e. The molecule has 1 saturated heterocycles. The number of carbonyl (C=O) groups excluding carboxylic acids is 1. The lowest BCUT2D eigenvalue weighted by Gasteiger charge is -2.28. The van der Waals surface area contributed by atoms with Gasteiger partial charge in [0.2, 0.25) is 0 Å². The van der Waals surface area contributed by atoms with Crippen molar-refractivity contribution >= 4 is 46.8 Å². The number of aliphatic carboxylic acids is 1. The van der Waals surface area contributed by atoms with Crippen LogP contribution in [0.5, 0.6) is 11.5 Å².